The molecule has 2 aromatic carbocycles. The number of nitrogens with one attached hydrogen (secondary N) is 1. The summed E-state index contributed by atoms with van der Waals surface area (Å²) in [6, 6.07) is 11.2. The van der Waals surface area contributed by atoms with E-state index in [4.69, 9.17) is 4.74 Å². The molecule has 0 unspecified atom stereocenters. The standard InChI is InChI=1S/C19H19N3O5/c1-13-4-5-15(22(25)26)11-17(13)20-18(23)12-27-16-8-6-14(7-9-16)21-10-2-3-19(21)24/h4-9,11H,2-3,10,12H2,1H3,(H,20,23). The van der Waals surface area contributed by atoms with Crippen molar-refractivity contribution in [1.82, 2.24) is 0 Å². The number of amides is 2. The lowest BCUT2D eigenvalue weighted by molar-refractivity contribution is -0.384. The van der Waals surface area contributed by atoms with E-state index in [-0.39, 0.29) is 18.2 Å². The van der Waals surface area contributed by atoms with Crippen molar-refractivity contribution in [2.24, 2.45) is 0 Å². The van der Waals surface area contributed by atoms with Gasteiger partial charge >= 0.3 is 0 Å². The molecule has 140 valence electrons. The Bertz CT molecular complexity index is 879. The molecule has 0 aliphatic carbocycles. The highest BCUT2D eigenvalue weighted by Gasteiger charge is 2.21. The van der Waals surface area contributed by atoms with Gasteiger partial charge in [-0.3, -0.25) is 19.7 Å². The Balaban J connectivity index is 1.57. The van der Waals surface area contributed by atoms with E-state index in [1.165, 1.54) is 12.1 Å². The van der Waals surface area contributed by atoms with Crippen molar-refractivity contribution in [2.75, 3.05) is 23.4 Å². The fourth-order valence-corrected chi connectivity index (χ4v) is 2.84. The molecule has 0 radical (unpaired) electrons. The van der Waals surface area contributed by atoms with Crippen molar-refractivity contribution < 1.29 is 19.2 Å². The quantitative estimate of drug-likeness (QED) is 0.623. The summed E-state index contributed by atoms with van der Waals surface area (Å²) in [5.41, 5.74) is 1.81. The van der Waals surface area contributed by atoms with Crippen molar-refractivity contribution in [3.05, 3.63) is 58.1 Å². The molecule has 1 N–H and O–H groups in total. The molecule has 2 aromatic rings. The lowest BCUT2D eigenvalue weighted by atomic mass is 10.2. The number of nitro groups is 1. The number of nitrogens with zero attached hydrogens (tertiary/aromatic N) is 2. The first-order chi connectivity index (χ1) is 12.9. The summed E-state index contributed by atoms with van der Waals surface area (Å²) in [6.07, 6.45) is 1.42. The Morgan fingerprint density at radius 3 is 2.63 bits per heavy atom. The van der Waals surface area contributed by atoms with Crippen LogP contribution < -0.4 is 15.0 Å². The second kappa shape index (κ2) is 7.86. The number of hydrogen-bond acceptors (Lipinski definition) is 5. The molecule has 0 atom stereocenters. The predicted molar refractivity (Wildman–Crippen MR) is 100.0 cm³/mol. The zero-order valence-electron chi connectivity index (χ0n) is 14.8. The molecule has 8 nitrogen and oxygen atoms in total. The fourth-order valence-electron chi connectivity index (χ4n) is 2.84. The van der Waals surface area contributed by atoms with Gasteiger partial charge in [-0.2, -0.15) is 0 Å². The number of rotatable bonds is 6. The summed E-state index contributed by atoms with van der Waals surface area (Å²) in [4.78, 5) is 35.9. The average Bonchev–Trinajstić information content (AvgIpc) is 3.08. The molecule has 2 amide bonds. The van der Waals surface area contributed by atoms with Gasteiger partial charge in [0.25, 0.3) is 11.6 Å². The Labute approximate surface area is 155 Å². The Morgan fingerprint density at radius 2 is 2.00 bits per heavy atom. The third-order valence-electron chi connectivity index (χ3n) is 4.30. The van der Waals surface area contributed by atoms with Gasteiger partial charge in [-0.15, -0.1) is 0 Å². The molecule has 1 saturated heterocycles. The summed E-state index contributed by atoms with van der Waals surface area (Å²) >= 11 is 0. The number of benzene rings is 2. The van der Waals surface area contributed by atoms with Gasteiger partial charge in [0.15, 0.2) is 6.61 Å². The highest BCUT2D eigenvalue weighted by atomic mass is 16.6. The minimum Gasteiger partial charge on any atom is -0.484 e. The van der Waals surface area contributed by atoms with Crippen LogP contribution in [0.5, 0.6) is 5.75 Å². The molecule has 1 aliphatic rings. The van der Waals surface area contributed by atoms with Crippen LogP contribution in [0.4, 0.5) is 17.1 Å². The number of aryl methyl sites for hydroxylation is 1. The Hall–Kier alpha value is -3.42. The smallest absolute Gasteiger partial charge is 0.271 e. The zero-order chi connectivity index (χ0) is 19.4. The summed E-state index contributed by atoms with van der Waals surface area (Å²) < 4.78 is 5.45. The van der Waals surface area contributed by atoms with E-state index in [0.717, 1.165) is 12.1 Å². The normalized spacial score (nSPS) is 13.5. The van der Waals surface area contributed by atoms with E-state index in [1.54, 1.807) is 42.2 Å². The molecule has 1 fully saturated rings. The highest BCUT2D eigenvalue weighted by molar-refractivity contribution is 5.95. The fraction of sp³-hybridized carbons (Fsp3) is 0.263. The van der Waals surface area contributed by atoms with E-state index in [1.807, 2.05) is 0 Å². The van der Waals surface area contributed by atoms with Crippen LogP contribution in [0.3, 0.4) is 0 Å². The first kappa shape index (κ1) is 18.4. The predicted octanol–water partition coefficient (Wildman–Crippen LogP) is 3.05. The van der Waals surface area contributed by atoms with Gasteiger partial charge in [0.1, 0.15) is 5.75 Å². The Kier molecular flexibility index (Phi) is 5.35. The average molecular weight is 369 g/mol. The molecule has 0 spiro atoms. The second-order valence-electron chi connectivity index (χ2n) is 6.24. The van der Waals surface area contributed by atoms with E-state index < -0.39 is 10.8 Å². The number of non-ortho nitro benzene ring substituents is 1. The summed E-state index contributed by atoms with van der Waals surface area (Å²) in [6.45, 7) is 2.23. The topological polar surface area (TPSA) is 102 Å². The van der Waals surface area contributed by atoms with Crippen LogP contribution in [-0.4, -0.2) is 29.9 Å². The first-order valence-corrected chi connectivity index (χ1v) is 8.52. The third-order valence-corrected chi connectivity index (χ3v) is 4.30. The van der Waals surface area contributed by atoms with Crippen molar-refractivity contribution in [3.8, 4) is 5.75 Å². The van der Waals surface area contributed by atoms with Gasteiger partial charge < -0.3 is 15.0 Å². The molecule has 8 heteroatoms. The van der Waals surface area contributed by atoms with Gasteiger partial charge in [0, 0.05) is 30.8 Å². The monoisotopic (exact) mass is 369 g/mol. The maximum Gasteiger partial charge on any atom is 0.271 e. The minimum absolute atomic E-state index is 0.0936. The molecule has 0 bridgehead atoms. The van der Waals surface area contributed by atoms with E-state index in [0.29, 0.717) is 30.0 Å². The summed E-state index contributed by atoms with van der Waals surface area (Å²) in [5, 5.41) is 13.5. The van der Waals surface area contributed by atoms with E-state index >= 15 is 0 Å². The maximum atomic E-state index is 12.1. The van der Waals surface area contributed by atoms with Crippen LogP contribution in [-0.2, 0) is 9.59 Å². The number of anilines is 2. The minimum atomic E-state index is -0.516. The molecule has 27 heavy (non-hydrogen) atoms. The lowest BCUT2D eigenvalue weighted by Crippen LogP contribution is -2.23. The van der Waals surface area contributed by atoms with Gasteiger partial charge in [0.05, 0.1) is 10.6 Å². The number of carbonyl (C=O) groups is 2. The maximum absolute atomic E-state index is 12.1. The summed E-state index contributed by atoms with van der Waals surface area (Å²) in [5.74, 6) is 0.184. The van der Waals surface area contributed by atoms with Crippen molar-refractivity contribution >= 4 is 28.9 Å². The van der Waals surface area contributed by atoms with Gasteiger partial charge in [0.2, 0.25) is 5.91 Å². The molecule has 3 rings (SSSR count). The van der Waals surface area contributed by atoms with Crippen LogP contribution in [0.15, 0.2) is 42.5 Å². The van der Waals surface area contributed by atoms with Crippen LogP contribution in [0.1, 0.15) is 18.4 Å². The van der Waals surface area contributed by atoms with E-state index in [2.05, 4.69) is 5.32 Å². The third kappa shape index (κ3) is 4.41. The number of carbonyl (C=O) groups excluding carboxylic acids is 2. The van der Waals surface area contributed by atoms with Gasteiger partial charge in [-0.1, -0.05) is 6.07 Å². The molecular formula is C19H19N3O5. The van der Waals surface area contributed by atoms with Crippen LogP contribution >= 0.6 is 0 Å². The largest absolute Gasteiger partial charge is 0.484 e. The molecule has 1 aliphatic heterocycles. The second-order valence-corrected chi connectivity index (χ2v) is 6.24. The zero-order valence-corrected chi connectivity index (χ0v) is 14.8. The SMILES string of the molecule is Cc1ccc([N+](=O)[O-])cc1NC(=O)COc1ccc(N2CCCC2=O)cc1. The molecule has 0 saturated carbocycles. The summed E-state index contributed by atoms with van der Waals surface area (Å²) in [7, 11) is 0. The first-order valence-electron chi connectivity index (χ1n) is 8.52. The van der Waals surface area contributed by atoms with Crippen molar-refractivity contribution in [1.29, 1.82) is 0 Å². The highest BCUT2D eigenvalue weighted by Crippen LogP contribution is 2.24. The van der Waals surface area contributed by atoms with Crippen molar-refractivity contribution in [2.45, 2.75) is 19.8 Å². The number of ether oxygens (including phenoxy) is 1. The van der Waals surface area contributed by atoms with Crippen molar-refractivity contribution in [3.63, 3.8) is 0 Å². The molecule has 0 aromatic heterocycles. The Morgan fingerprint density at radius 1 is 1.26 bits per heavy atom. The molecular weight excluding hydrogens is 350 g/mol. The molecule has 1 heterocycles. The van der Waals surface area contributed by atoms with Crippen LogP contribution in [0.2, 0.25) is 0 Å². The number of nitro benzene ring substituents is 1. The number of hydrogen-bond donors (Lipinski definition) is 1. The van der Waals surface area contributed by atoms with Crippen LogP contribution in [0, 0.1) is 17.0 Å². The van der Waals surface area contributed by atoms with Crippen LogP contribution in [0.25, 0.3) is 0 Å². The van der Waals surface area contributed by atoms with Gasteiger partial charge in [-0.25, -0.2) is 0 Å². The van der Waals surface area contributed by atoms with Gasteiger partial charge in [-0.05, 0) is 43.2 Å². The van der Waals surface area contributed by atoms with E-state index in [9.17, 15) is 19.7 Å². The lowest BCUT2D eigenvalue weighted by Gasteiger charge is -2.16.